The molecule has 0 heterocycles. The number of fused-ring (bicyclic) bond motifs is 3. The second-order valence-corrected chi connectivity index (χ2v) is 9.21. The molecule has 3 aromatic carbocycles. The van der Waals surface area contributed by atoms with E-state index in [2.05, 4.69) is 104 Å². The van der Waals surface area contributed by atoms with Crippen molar-refractivity contribution in [1.82, 2.24) is 0 Å². The summed E-state index contributed by atoms with van der Waals surface area (Å²) in [5.74, 6) is 0.543. The molecular formula is C32H32. The molecule has 0 bridgehead atoms. The van der Waals surface area contributed by atoms with Crippen LogP contribution in [0.1, 0.15) is 42.0 Å². The lowest BCUT2D eigenvalue weighted by molar-refractivity contribution is 0.622. The second-order valence-electron chi connectivity index (χ2n) is 9.21. The molecule has 3 aromatic rings. The quantitative estimate of drug-likeness (QED) is 0.394. The number of hydrogen-bond donors (Lipinski definition) is 0. The summed E-state index contributed by atoms with van der Waals surface area (Å²) in [5.41, 5.74) is 11.7. The molecule has 160 valence electrons. The minimum absolute atomic E-state index is 0.543. The highest BCUT2D eigenvalue weighted by atomic mass is 14.3. The van der Waals surface area contributed by atoms with Gasteiger partial charge in [-0.25, -0.2) is 0 Å². The van der Waals surface area contributed by atoms with E-state index in [9.17, 15) is 0 Å². The van der Waals surface area contributed by atoms with Crippen LogP contribution < -0.4 is 0 Å². The molecule has 0 N–H and O–H groups in total. The normalized spacial score (nSPS) is 18.6. The van der Waals surface area contributed by atoms with E-state index in [0.29, 0.717) is 5.92 Å². The third-order valence-electron chi connectivity index (χ3n) is 6.93. The lowest BCUT2D eigenvalue weighted by Crippen LogP contribution is -2.11. The summed E-state index contributed by atoms with van der Waals surface area (Å²) in [4.78, 5) is 0. The van der Waals surface area contributed by atoms with Gasteiger partial charge in [0.25, 0.3) is 0 Å². The molecule has 0 nitrogen and oxygen atoms in total. The van der Waals surface area contributed by atoms with Crippen molar-refractivity contribution in [3.8, 4) is 11.1 Å². The van der Waals surface area contributed by atoms with E-state index in [-0.39, 0.29) is 0 Å². The molecule has 0 aliphatic heterocycles. The fourth-order valence-electron chi connectivity index (χ4n) is 5.21. The molecule has 0 radical (unpaired) electrons. The maximum atomic E-state index is 2.48. The summed E-state index contributed by atoms with van der Waals surface area (Å²) in [6, 6.07) is 26.9. The van der Waals surface area contributed by atoms with Crippen LogP contribution in [0.3, 0.4) is 0 Å². The molecule has 0 saturated heterocycles. The van der Waals surface area contributed by atoms with Gasteiger partial charge in [0.05, 0.1) is 0 Å². The lowest BCUT2D eigenvalue weighted by Gasteiger charge is -2.20. The van der Waals surface area contributed by atoms with Crippen LogP contribution in [0, 0.1) is 5.92 Å². The molecule has 32 heavy (non-hydrogen) atoms. The van der Waals surface area contributed by atoms with Gasteiger partial charge in [0.2, 0.25) is 0 Å². The Hall–Kier alpha value is -3.12. The average molecular weight is 417 g/mol. The Morgan fingerprint density at radius 2 is 1.56 bits per heavy atom. The zero-order valence-corrected chi connectivity index (χ0v) is 19.1. The number of aryl methyl sites for hydroxylation is 1. The summed E-state index contributed by atoms with van der Waals surface area (Å²) in [6.45, 7) is 2.27. The summed E-state index contributed by atoms with van der Waals surface area (Å²) >= 11 is 0. The summed E-state index contributed by atoms with van der Waals surface area (Å²) < 4.78 is 0. The Kier molecular flexibility index (Phi) is 6.21. The van der Waals surface area contributed by atoms with Gasteiger partial charge in [-0.2, -0.15) is 0 Å². The van der Waals surface area contributed by atoms with Crippen molar-refractivity contribution < 1.29 is 0 Å². The molecular weight excluding hydrogens is 384 g/mol. The summed E-state index contributed by atoms with van der Waals surface area (Å²) in [7, 11) is 0. The van der Waals surface area contributed by atoms with Crippen molar-refractivity contribution in [3.05, 3.63) is 131 Å². The monoisotopic (exact) mass is 416 g/mol. The molecule has 2 aliphatic carbocycles. The van der Waals surface area contributed by atoms with Crippen LogP contribution in [-0.2, 0) is 25.7 Å². The summed E-state index contributed by atoms with van der Waals surface area (Å²) in [6.07, 6.45) is 16.3. The third-order valence-corrected chi connectivity index (χ3v) is 6.93. The van der Waals surface area contributed by atoms with Gasteiger partial charge in [-0.1, -0.05) is 110 Å². The first-order valence-electron chi connectivity index (χ1n) is 12.1. The van der Waals surface area contributed by atoms with Crippen molar-refractivity contribution in [2.24, 2.45) is 5.92 Å². The molecule has 0 aromatic heterocycles. The Bertz CT molecular complexity index is 1170. The molecule has 0 heteroatoms. The fourth-order valence-corrected chi connectivity index (χ4v) is 5.21. The van der Waals surface area contributed by atoms with E-state index in [1.165, 1.54) is 50.9 Å². The fraction of sp³-hybridized carbons (Fsp3) is 0.250. The first kappa shape index (κ1) is 20.8. The zero-order chi connectivity index (χ0) is 21.8. The number of hydrogen-bond acceptors (Lipinski definition) is 0. The first-order chi connectivity index (χ1) is 15.8. The van der Waals surface area contributed by atoms with Gasteiger partial charge < -0.3 is 0 Å². The van der Waals surface area contributed by atoms with E-state index in [1.54, 1.807) is 0 Å². The Labute approximate surface area is 193 Å². The molecule has 1 unspecified atom stereocenters. The highest BCUT2D eigenvalue weighted by Gasteiger charge is 2.23. The number of benzene rings is 3. The molecule has 1 atom stereocenters. The van der Waals surface area contributed by atoms with Crippen LogP contribution in [0.15, 0.2) is 108 Å². The van der Waals surface area contributed by atoms with E-state index in [4.69, 9.17) is 0 Å². The van der Waals surface area contributed by atoms with Gasteiger partial charge in [0, 0.05) is 0 Å². The predicted molar refractivity (Wildman–Crippen MR) is 137 cm³/mol. The minimum atomic E-state index is 0.543. The SMILES string of the molecule is CCCc1ccc2c(c1)CC(C1=CCC(=CCc3ccccc3)C=C1)Cc1ccccc1-2. The van der Waals surface area contributed by atoms with Crippen LogP contribution in [0.2, 0.25) is 0 Å². The van der Waals surface area contributed by atoms with E-state index in [1.807, 2.05) is 0 Å². The zero-order valence-electron chi connectivity index (χ0n) is 19.1. The largest absolute Gasteiger partial charge is 0.0766 e. The molecule has 0 amide bonds. The van der Waals surface area contributed by atoms with Crippen molar-refractivity contribution in [1.29, 1.82) is 0 Å². The Morgan fingerprint density at radius 1 is 0.781 bits per heavy atom. The molecule has 0 spiro atoms. The van der Waals surface area contributed by atoms with E-state index >= 15 is 0 Å². The summed E-state index contributed by atoms with van der Waals surface area (Å²) in [5, 5.41) is 0. The van der Waals surface area contributed by atoms with Crippen LogP contribution in [0.5, 0.6) is 0 Å². The van der Waals surface area contributed by atoms with Gasteiger partial charge in [0.1, 0.15) is 0 Å². The van der Waals surface area contributed by atoms with E-state index in [0.717, 1.165) is 32.1 Å². The van der Waals surface area contributed by atoms with Crippen molar-refractivity contribution in [3.63, 3.8) is 0 Å². The molecule has 5 rings (SSSR count). The first-order valence-corrected chi connectivity index (χ1v) is 12.1. The van der Waals surface area contributed by atoms with Gasteiger partial charge in [-0.15, -0.1) is 0 Å². The Morgan fingerprint density at radius 3 is 2.38 bits per heavy atom. The second kappa shape index (κ2) is 9.57. The smallest absolute Gasteiger partial charge is 0.00836 e. The Balaban J connectivity index is 1.39. The van der Waals surface area contributed by atoms with Crippen molar-refractivity contribution in [2.75, 3.05) is 0 Å². The van der Waals surface area contributed by atoms with Crippen molar-refractivity contribution in [2.45, 2.75) is 45.4 Å². The molecule has 0 fully saturated rings. The van der Waals surface area contributed by atoms with Gasteiger partial charge in [-0.3, -0.25) is 0 Å². The average Bonchev–Trinajstić information content (AvgIpc) is 3.00. The topological polar surface area (TPSA) is 0 Å². The molecule has 0 saturated carbocycles. The van der Waals surface area contributed by atoms with Crippen LogP contribution in [0.25, 0.3) is 11.1 Å². The highest BCUT2D eigenvalue weighted by Crippen LogP contribution is 2.38. The van der Waals surface area contributed by atoms with Gasteiger partial charge in [-0.05, 0) is 82.5 Å². The standard InChI is InChI=1S/C32H32/c1-2-8-26-17-20-32-30(21-26)23-29(22-28-11-6-7-12-31(28)32)27-18-15-25(16-19-27)14-13-24-9-4-3-5-10-24/h3-7,9-12,14-15,17-21,29H,2,8,13,16,22-23H2,1H3. The van der Waals surface area contributed by atoms with Crippen molar-refractivity contribution >= 4 is 0 Å². The number of rotatable bonds is 5. The van der Waals surface area contributed by atoms with Crippen LogP contribution >= 0.6 is 0 Å². The minimum Gasteiger partial charge on any atom is -0.0766 e. The maximum absolute atomic E-state index is 2.48. The van der Waals surface area contributed by atoms with Crippen LogP contribution in [-0.4, -0.2) is 0 Å². The van der Waals surface area contributed by atoms with Gasteiger partial charge in [0.15, 0.2) is 0 Å². The predicted octanol–water partition coefficient (Wildman–Crippen LogP) is 8.08. The lowest BCUT2D eigenvalue weighted by atomic mass is 9.84. The van der Waals surface area contributed by atoms with Crippen LogP contribution in [0.4, 0.5) is 0 Å². The maximum Gasteiger partial charge on any atom is -0.00836 e. The van der Waals surface area contributed by atoms with E-state index < -0.39 is 0 Å². The van der Waals surface area contributed by atoms with Gasteiger partial charge >= 0.3 is 0 Å². The highest BCUT2D eigenvalue weighted by molar-refractivity contribution is 5.72. The number of allylic oxidation sites excluding steroid dienone is 6. The molecule has 2 aliphatic rings. The third kappa shape index (κ3) is 4.55.